The minimum atomic E-state index is 0.659. The Hall–Kier alpha value is -11.2. The van der Waals surface area contributed by atoms with Crippen molar-refractivity contribution in [2.24, 2.45) is 0 Å². The molecule has 0 atom stereocenters. The SMILES string of the molecule is c1ccc(-c2ccc(-c3nc(-c4cccc(-n5c6ccc(-c7cccc8c9ccccc9n(-c9ccccc9)c78)cc6c6c(-c7ccccc7)c(-c7ccccc7)c(-c7ccccc7)c(-c7ccccc7)c65)c4)nc4ccccc34)cc2)cc1. The molecule has 4 heteroatoms. The normalized spacial score (nSPS) is 11.6. The quantitative estimate of drug-likeness (QED) is 0.137. The summed E-state index contributed by atoms with van der Waals surface area (Å²) in [5.41, 5.74) is 24.2. The Balaban J connectivity index is 1.03. The fourth-order valence-corrected chi connectivity index (χ4v) is 13.0. The van der Waals surface area contributed by atoms with E-state index < -0.39 is 0 Å². The molecule has 0 bridgehead atoms. The first-order valence-electron chi connectivity index (χ1n) is 28.7. The number of nitrogens with zero attached hydrogens (tertiary/aromatic N) is 4. The summed E-state index contributed by atoms with van der Waals surface area (Å²) in [7, 11) is 0. The lowest BCUT2D eigenvalue weighted by Crippen LogP contribution is -2.01. The highest BCUT2D eigenvalue weighted by Gasteiger charge is 2.30. The molecule has 0 radical (unpaired) electrons. The van der Waals surface area contributed by atoms with Gasteiger partial charge in [0.05, 0.1) is 33.3 Å². The van der Waals surface area contributed by atoms with Crippen LogP contribution in [0, 0.1) is 0 Å². The maximum atomic E-state index is 5.50. The molecule has 4 nitrogen and oxygen atoms in total. The topological polar surface area (TPSA) is 35.6 Å². The molecule has 16 rings (SSSR count). The van der Waals surface area contributed by atoms with Gasteiger partial charge in [0.25, 0.3) is 0 Å². The summed E-state index contributed by atoms with van der Waals surface area (Å²) in [5, 5.41) is 5.75. The van der Waals surface area contributed by atoms with Gasteiger partial charge in [-0.05, 0) is 93.0 Å². The van der Waals surface area contributed by atoms with Crippen LogP contribution in [0.3, 0.4) is 0 Å². The van der Waals surface area contributed by atoms with Gasteiger partial charge in [0.15, 0.2) is 5.82 Å². The lowest BCUT2D eigenvalue weighted by molar-refractivity contribution is 1.17. The molecule has 0 fully saturated rings. The Kier molecular flexibility index (Phi) is 11.8. The van der Waals surface area contributed by atoms with Gasteiger partial charge < -0.3 is 9.13 Å². The van der Waals surface area contributed by atoms with E-state index in [1.807, 2.05) is 0 Å². The second kappa shape index (κ2) is 20.4. The lowest BCUT2D eigenvalue weighted by atomic mass is 9.80. The molecule has 0 spiro atoms. The Bertz CT molecular complexity index is 5130. The van der Waals surface area contributed by atoms with E-state index in [-0.39, 0.29) is 0 Å². The Morgan fingerprint density at radius 2 is 0.690 bits per heavy atom. The van der Waals surface area contributed by atoms with Crippen LogP contribution < -0.4 is 0 Å². The highest BCUT2D eigenvalue weighted by Crippen LogP contribution is 2.55. The van der Waals surface area contributed by atoms with Crippen LogP contribution >= 0.6 is 0 Å². The van der Waals surface area contributed by atoms with Crippen molar-refractivity contribution in [3.8, 4) is 101 Å². The molecule has 0 aliphatic carbocycles. The first-order chi connectivity index (χ1) is 41.7. The summed E-state index contributed by atoms with van der Waals surface area (Å²) in [6.07, 6.45) is 0. The molecule has 84 heavy (non-hydrogen) atoms. The van der Waals surface area contributed by atoms with Crippen LogP contribution in [-0.4, -0.2) is 19.1 Å². The molecule has 16 aromatic rings. The zero-order valence-corrected chi connectivity index (χ0v) is 45.8. The highest BCUT2D eigenvalue weighted by atomic mass is 15.0. The minimum absolute atomic E-state index is 0.659. The van der Waals surface area contributed by atoms with Gasteiger partial charge in [0, 0.05) is 71.7 Å². The largest absolute Gasteiger partial charge is 0.309 e. The van der Waals surface area contributed by atoms with Crippen molar-refractivity contribution in [3.05, 3.63) is 315 Å². The number of fused-ring (bicyclic) bond motifs is 7. The molecule has 3 heterocycles. The van der Waals surface area contributed by atoms with Crippen LogP contribution in [0.15, 0.2) is 315 Å². The average Bonchev–Trinajstić information content (AvgIpc) is 2.19. The summed E-state index contributed by atoms with van der Waals surface area (Å²) in [5.74, 6) is 0.659. The van der Waals surface area contributed by atoms with Crippen molar-refractivity contribution in [1.82, 2.24) is 19.1 Å². The zero-order chi connectivity index (χ0) is 55.5. The van der Waals surface area contributed by atoms with Gasteiger partial charge in [-0.25, -0.2) is 9.97 Å². The molecule has 0 aliphatic rings. The van der Waals surface area contributed by atoms with Crippen molar-refractivity contribution in [2.75, 3.05) is 0 Å². The molecular weight excluding hydrogens is 1020 g/mol. The molecule has 0 unspecified atom stereocenters. The Morgan fingerprint density at radius 3 is 1.36 bits per heavy atom. The van der Waals surface area contributed by atoms with Crippen LogP contribution in [-0.2, 0) is 0 Å². The van der Waals surface area contributed by atoms with Gasteiger partial charge in [-0.3, -0.25) is 0 Å². The number of benzene rings is 13. The Morgan fingerprint density at radius 1 is 0.238 bits per heavy atom. The summed E-state index contributed by atoms with van der Waals surface area (Å²) in [6.45, 7) is 0. The van der Waals surface area contributed by atoms with E-state index in [4.69, 9.17) is 9.97 Å². The molecule has 3 aromatic heterocycles. The molecule has 392 valence electrons. The lowest BCUT2D eigenvalue weighted by Gasteiger charge is -2.24. The highest BCUT2D eigenvalue weighted by molar-refractivity contribution is 6.27. The zero-order valence-electron chi connectivity index (χ0n) is 45.8. The molecular formula is C80H52N4. The van der Waals surface area contributed by atoms with E-state index in [1.54, 1.807) is 0 Å². The molecule has 0 amide bonds. The minimum Gasteiger partial charge on any atom is -0.309 e. The average molecular weight is 1070 g/mol. The first-order valence-corrected chi connectivity index (χ1v) is 28.7. The number of hydrogen-bond acceptors (Lipinski definition) is 2. The van der Waals surface area contributed by atoms with Crippen LogP contribution in [0.1, 0.15) is 0 Å². The monoisotopic (exact) mass is 1070 g/mol. The van der Waals surface area contributed by atoms with E-state index in [2.05, 4.69) is 325 Å². The number of aromatic nitrogens is 4. The Labute approximate surface area is 487 Å². The van der Waals surface area contributed by atoms with Gasteiger partial charge >= 0.3 is 0 Å². The molecule has 13 aromatic carbocycles. The van der Waals surface area contributed by atoms with Gasteiger partial charge in [0.2, 0.25) is 0 Å². The van der Waals surface area contributed by atoms with Crippen molar-refractivity contribution in [2.45, 2.75) is 0 Å². The van der Waals surface area contributed by atoms with Gasteiger partial charge in [-0.2, -0.15) is 0 Å². The maximum absolute atomic E-state index is 5.50. The second-order valence-corrected chi connectivity index (χ2v) is 21.6. The van der Waals surface area contributed by atoms with Crippen LogP contribution in [0.25, 0.3) is 155 Å². The van der Waals surface area contributed by atoms with Crippen molar-refractivity contribution < 1.29 is 0 Å². The van der Waals surface area contributed by atoms with E-state index >= 15 is 0 Å². The summed E-state index contributed by atoms with van der Waals surface area (Å²) in [6, 6.07) is 114. The predicted molar refractivity (Wildman–Crippen MR) is 352 cm³/mol. The molecule has 0 saturated carbocycles. The fraction of sp³-hybridized carbons (Fsp3) is 0. The molecule has 0 aliphatic heterocycles. The maximum Gasteiger partial charge on any atom is 0.160 e. The van der Waals surface area contributed by atoms with E-state index in [1.165, 1.54) is 43.9 Å². The van der Waals surface area contributed by atoms with E-state index in [0.717, 1.165) is 106 Å². The predicted octanol–water partition coefficient (Wildman–Crippen LogP) is 21.2. The second-order valence-electron chi connectivity index (χ2n) is 21.6. The summed E-state index contributed by atoms with van der Waals surface area (Å²) in [4.78, 5) is 10.9. The van der Waals surface area contributed by atoms with Gasteiger partial charge in [-0.1, -0.05) is 267 Å². The van der Waals surface area contributed by atoms with Crippen molar-refractivity contribution in [3.63, 3.8) is 0 Å². The number of para-hydroxylation sites is 4. The standard InChI is InChI=1S/C80H52N4/c1-7-25-53(26-8-1)54-45-47-59(48-46-54)77-67-40-19-21-43-69(67)81-80(82-77)61-35-23-38-63(51-61)84-71-50-49-60(64-41-24-42-66-65-39-20-22-44-70(65)83(78(64)66)62-36-17-6-18-37-62)52-68(71)76-74(57-31-13-4-14-32-57)72(55-27-9-2-10-28-55)73(56-29-11-3-12-30-56)75(79(76)84)58-33-15-5-16-34-58/h1-52H. The third-order valence-corrected chi connectivity index (χ3v) is 16.7. The first kappa shape index (κ1) is 48.7. The number of rotatable bonds is 10. The van der Waals surface area contributed by atoms with Crippen LogP contribution in [0.2, 0.25) is 0 Å². The summed E-state index contributed by atoms with van der Waals surface area (Å²) < 4.78 is 4.97. The van der Waals surface area contributed by atoms with Gasteiger partial charge in [0.1, 0.15) is 0 Å². The van der Waals surface area contributed by atoms with Crippen LogP contribution in [0.5, 0.6) is 0 Å². The third kappa shape index (κ3) is 8.14. The molecule has 0 N–H and O–H groups in total. The smallest absolute Gasteiger partial charge is 0.160 e. The third-order valence-electron chi connectivity index (χ3n) is 16.7. The van der Waals surface area contributed by atoms with Crippen LogP contribution in [0.4, 0.5) is 0 Å². The van der Waals surface area contributed by atoms with E-state index in [0.29, 0.717) is 5.82 Å². The van der Waals surface area contributed by atoms with E-state index in [9.17, 15) is 0 Å². The fourth-order valence-electron chi connectivity index (χ4n) is 13.0. The van der Waals surface area contributed by atoms with Crippen molar-refractivity contribution >= 4 is 54.5 Å². The van der Waals surface area contributed by atoms with Gasteiger partial charge in [-0.15, -0.1) is 0 Å². The molecule has 0 saturated heterocycles. The summed E-state index contributed by atoms with van der Waals surface area (Å²) >= 11 is 0. The van der Waals surface area contributed by atoms with Crippen molar-refractivity contribution in [1.29, 1.82) is 0 Å². The number of hydrogen-bond donors (Lipinski definition) is 0.